The lowest BCUT2D eigenvalue weighted by atomic mass is 10.1. The van der Waals surface area contributed by atoms with E-state index >= 15 is 0 Å². The maximum absolute atomic E-state index is 12.0. The number of hydrogen-bond donors (Lipinski definition) is 2. The summed E-state index contributed by atoms with van der Waals surface area (Å²) in [6.45, 7) is 1.89. The largest absolute Gasteiger partial charge is 0.495 e. The molecule has 0 aliphatic rings. The highest BCUT2D eigenvalue weighted by molar-refractivity contribution is 6.39. The van der Waals surface area contributed by atoms with Crippen LogP contribution in [0.1, 0.15) is 18.9 Å². The molecule has 0 radical (unpaired) electrons. The van der Waals surface area contributed by atoms with Crippen molar-refractivity contribution in [3.63, 3.8) is 0 Å². The van der Waals surface area contributed by atoms with Gasteiger partial charge in [-0.3, -0.25) is 9.59 Å². The van der Waals surface area contributed by atoms with Gasteiger partial charge in [0.25, 0.3) is 0 Å². The maximum atomic E-state index is 12.0. The number of methoxy groups -OCH3 is 1. The van der Waals surface area contributed by atoms with Gasteiger partial charge in [-0.2, -0.15) is 0 Å². The van der Waals surface area contributed by atoms with Gasteiger partial charge in [-0.1, -0.05) is 42.5 Å². The summed E-state index contributed by atoms with van der Waals surface area (Å²) in [5.74, 6) is -0.844. The maximum Gasteiger partial charge on any atom is 0.313 e. The molecule has 0 unspecified atom stereocenters. The summed E-state index contributed by atoms with van der Waals surface area (Å²) in [5.41, 5.74) is 1.68. The van der Waals surface area contributed by atoms with Gasteiger partial charge >= 0.3 is 11.8 Å². The SMILES string of the molecule is COc1ccccc1NC(=O)C(=O)N[C@H](C)CCc1ccccc1. The first kappa shape index (κ1) is 17.5. The molecule has 2 amide bonds. The number of aryl methyl sites for hydroxylation is 1. The predicted octanol–water partition coefficient (Wildman–Crippen LogP) is 2.77. The van der Waals surface area contributed by atoms with Crippen LogP contribution < -0.4 is 15.4 Å². The lowest BCUT2D eigenvalue weighted by Crippen LogP contribution is -2.40. The molecule has 0 aromatic heterocycles. The molecule has 0 aliphatic carbocycles. The van der Waals surface area contributed by atoms with Crippen LogP contribution in [0.25, 0.3) is 0 Å². The van der Waals surface area contributed by atoms with Crippen molar-refractivity contribution in [1.29, 1.82) is 0 Å². The van der Waals surface area contributed by atoms with Gasteiger partial charge in [0.2, 0.25) is 0 Å². The van der Waals surface area contributed by atoms with Crippen LogP contribution in [0.3, 0.4) is 0 Å². The molecular weight excluding hydrogens is 304 g/mol. The average molecular weight is 326 g/mol. The second-order valence-corrected chi connectivity index (χ2v) is 5.55. The number of ether oxygens (including phenoxy) is 1. The quantitative estimate of drug-likeness (QED) is 0.802. The highest BCUT2D eigenvalue weighted by Crippen LogP contribution is 2.22. The fraction of sp³-hybridized carbons (Fsp3) is 0.263. The Labute approximate surface area is 142 Å². The number of carbonyl (C=O) groups is 2. The Bertz CT molecular complexity index is 686. The molecule has 5 nitrogen and oxygen atoms in total. The summed E-state index contributed by atoms with van der Waals surface area (Å²) in [7, 11) is 1.51. The first-order valence-electron chi connectivity index (χ1n) is 7.89. The topological polar surface area (TPSA) is 67.4 Å². The molecule has 0 saturated carbocycles. The van der Waals surface area contributed by atoms with E-state index in [2.05, 4.69) is 10.6 Å². The highest BCUT2D eigenvalue weighted by atomic mass is 16.5. The van der Waals surface area contributed by atoms with Gasteiger partial charge in [0, 0.05) is 6.04 Å². The van der Waals surface area contributed by atoms with E-state index in [1.807, 2.05) is 37.3 Å². The Morgan fingerprint density at radius 2 is 1.67 bits per heavy atom. The third-order valence-electron chi connectivity index (χ3n) is 3.65. The summed E-state index contributed by atoms with van der Waals surface area (Å²) in [4.78, 5) is 24.0. The summed E-state index contributed by atoms with van der Waals surface area (Å²) in [5, 5.41) is 5.28. The summed E-state index contributed by atoms with van der Waals surface area (Å²) >= 11 is 0. The van der Waals surface area contributed by atoms with E-state index in [1.165, 1.54) is 12.7 Å². The van der Waals surface area contributed by atoms with Crippen molar-refractivity contribution in [3.8, 4) is 5.75 Å². The van der Waals surface area contributed by atoms with E-state index in [9.17, 15) is 9.59 Å². The number of anilines is 1. The fourth-order valence-electron chi connectivity index (χ4n) is 2.32. The highest BCUT2D eigenvalue weighted by Gasteiger charge is 2.17. The Balaban J connectivity index is 1.83. The molecule has 2 aromatic carbocycles. The number of hydrogen-bond acceptors (Lipinski definition) is 3. The van der Waals surface area contributed by atoms with Crippen molar-refractivity contribution in [2.24, 2.45) is 0 Å². The Morgan fingerprint density at radius 1 is 1.00 bits per heavy atom. The minimum absolute atomic E-state index is 0.0962. The molecule has 0 spiro atoms. The summed E-state index contributed by atoms with van der Waals surface area (Å²) in [6.07, 6.45) is 1.61. The number of para-hydroxylation sites is 2. The number of amides is 2. The molecule has 2 rings (SSSR count). The average Bonchev–Trinajstić information content (AvgIpc) is 2.61. The van der Waals surface area contributed by atoms with Gasteiger partial charge in [-0.15, -0.1) is 0 Å². The molecule has 0 saturated heterocycles. The van der Waals surface area contributed by atoms with Crippen LogP contribution in [0.5, 0.6) is 5.75 Å². The van der Waals surface area contributed by atoms with Crippen molar-refractivity contribution in [1.82, 2.24) is 5.32 Å². The Kier molecular flexibility index (Phi) is 6.37. The van der Waals surface area contributed by atoms with Crippen LogP contribution in [0, 0.1) is 0 Å². The van der Waals surface area contributed by atoms with Crippen LogP contribution >= 0.6 is 0 Å². The minimum atomic E-state index is -0.703. The van der Waals surface area contributed by atoms with Gasteiger partial charge < -0.3 is 15.4 Å². The molecule has 2 aromatic rings. The van der Waals surface area contributed by atoms with Crippen LogP contribution in [-0.2, 0) is 16.0 Å². The second kappa shape index (κ2) is 8.72. The van der Waals surface area contributed by atoms with Gasteiger partial charge in [-0.05, 0) is 37.5 Å². The van der Waals surface area contributed by atoms with Crippen LogP contribution in [0.2, 0.25) is 0 Å². The lowest BCUT2D eigenvalue weighted by Gasteiger charge is -2.14. The minimum Gasteiger partial charge on any atom is -0.495 e. The molecule has 5 heteroatoms. The van der Waals surface area contributed by atoms with E-state index in [1.54, 1.807) is 24.3 Å². The van der Waals surface area contributed by atoms with E-state index in [-0.39, 0.29) is 6.04 Å². The van der Waals surface area contributed by atoms with Crippen LogP contribution in [-0.4, -0.2) is 25.0 Å². The fourth-order valence-corrected chi connectivity index (χ4v) is 2.32. The molecule has 0 aliphatic heterocycles. The summed E-state index contributed by atoms with van der Waals surface area (Å²) in [6, 6.07) is 16.9. The zero-order valence-corrected chi connectivity index (χ0v) is 13.9. The molecule has 0 fully saturated rings. The van der Waals surface area contributed by atoms with Crippen molar-refractivity contribution in [2.45, 2.75) is 25.8 Å². The van der Waals surface area contributed by atoms with E-state index < -0.39 is 11.8 Å². The lowest BCUT2D eigenvalue weighted by molar-refractivity contribution is -0.136. The van der Waals surface area contributed by atoms with Crippen molar-refractivity contribution in [2.75, 3.05) is 12.4 Å². The Hall–Kier alpha value is -2.82. The van der Waals surface area contributed by atoms with Gasteiger partial charge in [-0.25, -0.2) is 0 Å². The van der Waals surface area contributed by atoms with E-state index in [0.717, 1.165) is 12.8 Å². The second-order valence-electron chi connectivity index (χ2n) is 5.55. The monoisotopic (exact) mass is 326 g/mol. The van der Waals surface area contributed by atoms with Crippen molar-refractivity contribution in [3.05, 3.63) is 60.2 Å². The van der Waals surface area contributed by atoms with Crippen LogP contribution in [0.4, 0.5) is 5.69 Å². The number of benzene rings is 2. The molecule has 0 bridgehead atoms. The zero-order chi connectivity index (χ0) is 17.4. The van der Waals surface area contributed by atoms with Crippen molar-refractivity contribution < 1.29 is 14.3 Å². The molecular formula is C19H22N2O3. The number of rotatable bonds is 6. The predicted molar refractivity (Wildman–Crippen MR) is 94.0 cm³/mol. The van der Waals surface area contributed by atoms with Crippen LogP contribution in [0.15, 0.2) is 54.6 Å². The third kappa shape index (κ3) is 5.12. The molecule has 0 heterocycles. The standard InChI is InChI=1S/C19H22N2O3/c1-14(12-13-15-8-4-3-5-9-15)20-18(22)19(23)21-16-10-6-7-11-17(16)24-2/h3-11,14H,12-13H2,1-2H3,(H,20,22)(H,21,23)/t14-/m1/s1. The third-order valence-corrected chi connectivity index (χ3v) is 3.65. The van der Waals surface area contributed by atoms with Gasteiger partial charge in [0.15, 0.2) is 0 Å². The normalized spacial score (nSPS) is 11.4. The summed E-state index contributed by atoms with van der Waals surface area (Å²) < 4.78 is 5.15. The molecule has 24 heavy (non-hydrogen) atoms. The van der Waals surface area contributed by atoms with E-state index in [0.29, 0.717) is 11.4 Å². The molecule has 126 valence electrons. The van der Waals surface area contributed by atoms with E-state index in [4.69, 9.17) is 4.74 Å². The zero-order valence-electron chi connectivity index (χ0n) is 13.9. The first-order chi connectivity index (χ1) is 11.6. The Morgan fingerprint density at radius 3 is 2.38 bits per heavy atom. The first-order valence-corrected chi connectivity index (χ1v) is 7.89. The van der Waals surface area contributed by atoms with Crippen molar-refractivity contribution >= 4 is 17.5 Å². The molecule has 2 N–H and O–H groups in total. The van der Waals surface area contributed by atoms with Gasteiger partial charge in [0.05, 0.1) is 12.8 Å². The smallest absolute Gasteiger partial charge is 0.313 e. The van der Waals surface area contributed by atoms with Gasteiger partial charge in [0.1, 0.15) is 5.75 Å². The number of nitrogens with one attached hydrogen (secondary N) is 2. The molecule has 1 atom stereocenters. The number of carbonyl (C=O) groups excluding carboxylic acids is 2.